The van der Waals surface area contributed by atoms with Gasteiger partial charge in [-0.25, -0.2) is 9.13 Å². The predicted molar refractivity (Wildman–Crippen MR) is 160 cm³/mol. The van der Waals surface area contributed by atoms with Crippen molar-refractivity contribution in [3.63, 3.8) is 0 Å². The summed E-state index contributed by atoms with van der Waals surface area (Å²) in [6.45, 7) is 6.90. The molecule has 0 aliphatic carbocycles. The van der Waals surface area contributed by atoms with E-state index in [0.29, 0.717) is 0 Å². The summed E-state index contributed by atoms with van der Waals surface area (Å²) in [5, 5.41) is 0. The highest BCUT2D eigenvalue weighted by molar-refractivity contribution is 7.99. The summed E-state index contributed by atoms with van der Waals surface area (Å²) in [4.78, 5) is 2.84. The van der Waals surface area contributed by atoms with Crippen molar-refractivity contribution in [2.75, 3.05) is 11.5 Å². The summed E-state index contributed by atoms with van der Waals surface area (Å²) in [5.41, 5.74) is 0. The largest absolute Gasteiger partial charge is 0.205 e. The molecule has 0 unspecified atom stereocenters. The molecule has 0 bridgehead atoms. The summed E-state index contributed by atoms with van der Waals surface area (Å²) in [6.07, 6.45) is 30.8. The highest BCUT2D eigenvalue weighted by atomic mass is 32.2. The molecule has 2 rings (SSSR count). The molecule has 2 heterocycles. The molecule has 0 saturated carbocycles. The molecule has 0 fully saturated rings. The quantitative estimate of drug-likeness (QED) is 0.0803. The zero-order chi connectivity index (χ0) is 25.5. The number of unbranched alkanes of at least 4 members (excludes halogenated alkanes) is 13. The predicted octanol–water partition coefficient (Wildman–Crippen LogP) is 9.43. The van der Waals surface area contributed by atoms with E-state index >= 15 is 0 Å². The van der Waals surface area contributed by atoms with Crippen molar-refractivity contribution in [2.45, 2.75) is 139 Å². The van der Waals surface area contributed by atoms with E-state index < -0.39 is 0 Å². The van der Waals surface area contributed by atoms with Gasteiger partial charge in [0.15, 0.2) is 24.8 Å². The van der Waals surface area contributed by atoms with Crippen molar-refractivity contribution in [1.82, 2.24) is 0 Å². The van der Waals surface area contributed by atoms with Crippen LogP contribution in [0.5, 0.6) is 0 Å². The molecular weight excluding hydrogens is 477 g/mol. The second kappa shape index (κ2) is 22.0. The minimum atomic E-state index is 1.16. The molecule has 202 valence electrons. The highest BCUT2D eigenvalue weighted by Gasteiger charge is 2.04. The van der Waals surface area contributed by atoms with Crippen LogP contribution in [-0.2, 0) is 13.1 Å². The summed E-state index contributed by atoms with van der Waals surface area (Å²) >= 11 is 4.04. The van der Waals surface area contributed by atoms with Crippen LogP contribution in [0.25, 0.3) is 0 Å². The average Bonchev–Trinajstić information content (AvgIpc) is 2.91. The Bertz CT molecular complexity index is 680. The Morgan fingerprint density at radius 2 is 0.778 bits per heavy atom. The van der Waals surface area contributed by atoms with E-state index in [2.05, 4.69) is 72.0 Å². The molecule has 0 aliphatic rings. The van der Waals surface area contributed by atoms with Crippen LogP contribution in [0, 0.1) is 0 Å². The fourth-order valence-electron chi connectivity index (χ4n) is 4.47. The van der Waals surface area contributed by atoms with Crippen molar-refractivity contribution in [2.24, 2.45) is 0 Å². The van der Waals surface area contributed by atoms with Crippen molar-refractivity contribution < 1.29 is 9.13 Å². The lowest BCUT2D eigenvalue weighted by Crippen LogP contribution is -2.32. The van der Waals surface area contributed by atoms with Gasteiger partial charge in [-0.1, -0.05) is 78.1 Å². The Hall–Kier alpha value is -1.00. The third-order valence-electron chi connectivity index (χ3n) is 6.84. The average molecular weight is 531 g/mol. The fraction of sp³-hybridized carbons (Fsp3) is 0.688. The van der Waals surface area contributed by atoms with E-state index in [1.807, 2.05) is 23.5 Å². The molecule has 0 saturated heterocycles. The van der Waals surface area contributed by atoms with Gasteiger partial charge in [-0.3, -0.25) is 0 Å². The molecule has 0 aromatic carbocycles. The second-order valence-electron chi connectivity index (χ2n) is 10.2. The lowest BCUT2D eigenvalue weighted by atomic mass is 10.1. The Morgan fingerprint density at radius 1 is 0.444 bits per heavy atom. The topological polar surface area (TPSA) is 7.76 Å². The van der Waals surface area contributed by atoms with Crippen LogP contribution in [-0.4, -0.2) is 11.5 Å². The molecule has 0 spiro atoms. The van der Waals surface area contributed by atoms with Gasteiger partial charge in [0, 0.05) is 46.9 Å². The van der Waals surface area contributed by atoms with Gasteiger partial charge in [-0.15, -0.1) is 23.5 Å². The lowest BCUT2D eigenvalue weighted by Gasteiger charge is -2.04. The lowest BCUT2D eigenvalue weighted by molar-refractivity contribution is -0.697. The first-order valence-electron chi connectivity index (χ1n) is 15.1. The van der Waals surface area contributed by atoms with Gasteiger partial charge in [0.05, 0.1) is 0 Å². The molecule has 2 nitrogen and oxygen atoms in total. The van der Waals surface area contributed by atoms with Crippen LogP contribution in [0.4, 0.5) is 0 Å². The zero-order valence-corrected chi connectivity index (χ0v) is 25.1. The fourth-order valence-corrected chi connectivity index (χ4v) is 6.26. The Balaban J connectivity index is 1.43. The van der Waals surface area contributed by atoms with E-state index in [4.69, 9.17) is 0 Å². The van der Waals surface area contributed by atoms with Crippen molar-refractivity contribution >= 4 is 23.5 Å². The number of thioether (sulfide) groups is 2. The van der Waals surface area contributed by atoms with E-state index in [1.54, 1.807) is 0 Å². The van der Waals surface area contributed by atoms with Crippen molar-refractivity contribution in [1.29, 1.82) is 0 Å². The summed E-state index contributed by atoms with van der Waals surface area (Å²) in [7, 11) is 0. The minimum Gasteiger partial charge on any atom is -0.205 e. The molecule has 36 heavy (non-hydrogen) atoms. The molecule has 0 N–H and O–H groups in total. The number of pyridine rings is 2. The van der Waals surface area contributed by atoms with Crippen molar-refractivity contribution in [3.8, 4) is 0 Å². The first-order chi connectivity index (χ1) is 17.8. The van der Waals surface area contributed by atoms with Gasteiger partial charge in [-0.05, 0) is 37.2 Å². The standard InChI is InChI=1S/C32H54N2S2/c1-3-5-7-9-11-15-23-33-25-19-31(20-26-33)35-29-17-13-14-18-30-36-32-21-27-34(28-22-32)24-16-12-10-8-6-4-2/h19-22,25-28H,3-18,23-24,29-30H2,1-2H3/q+2. The second-order valence-corrected chi connectivity index (χ2v) is 12.5. The van der Waals surface area contributed by atoms with E-state index in [9.17, 15) is 0 Å². The Labute approximate surface area is 232 Å². The third-order valence-corrected chi connectivity index (χ3v) is 9.03. The van der Waals surface area contributed by atoms with Gasteiger partial charge >= 0.3 is 0 Å². The van der Waals surface area contributed by atoms with Crippen LogP contribution in [0.1, 0.15) is 117 Å². The Kier molecular flexibility index (Phi) is 19.1. The number of nitrogens with zero attached hydrogens (tertiary/aromatic N) is 2. The number of aryl methyl sites for hydroxylation is 2. The van der Waals surface area contributed by atoms with Gasteiger partial charge in [0.1, 0.15) is 13.1 Å². The molecule has 4 heteroatoms. The van der Waals surface area contributed by atoms with Gasteiger partial charge in [0.2, 0.25) is 0 Å². The molecule has 2 aromatic heterocycles. The van der Waals surface area contributed by atoms with Crippen LogP contribution in [0.15, 0.2) is 58.8 Å². The molecule has 2 aromatic rings. The summed E-state index contributed by atoms with van der Waals surface area (Å²) in [5.74, 6) is 2.48. The van der Waals surface area contributed by atoms with E-state index in [0.717, 1.165) is 13.1 Å². The zero-order valence-electron chi connectivity index (χ0n) is 23.5. The van der Waals surface area contributed by atoms with Gasteiger partial charge in [-0.2, -0.15) is 0 Å². The minimum absolute atomic E-state index is 1.16. The summed E-state index contributed by atoms with van der Waals surface area (Å²) in [6, 6.07) is 9.20. The molecular formula is C32H54N2S2+2. The number of hydrogen-bond acceptors (Lipinski definition) is 2. The number of hydrogen-bond donors (Lipinski definition) is 0. The molecule has 0 amide bonds. The van der Waals surface area contributed by atoms with E-state index in [-0.39, 0.29) is 0 Å². The Morgan fingerprint density at radius 3 is 1.17 bits per heavy atom. The van der Waals surface area contributed by atoms with Crippen LogP contribution in [0.3, 0.4) is 0 Å². The molecule has 0 aliphatic heterocycles. The van der Waals surface area contributed by atoms with Crippen LogP contribution >= 0.6 is 23.5 Å². The van der Waals surface area contributed by atoms with Gasteiger partial charge in [0.25, 0.3) is 0 Å². The third kappa shape index (κ3) is 16.0. The maximum absolute atomic E-state index is 2.35. The normalized spacial score (nSPS) is 11.3. The molecule has 0 atom stereocenters. The monoisotopic (exact) mass is 530 g/mol. The first-order valence-corrected chi connectivity index (χ1v) is 17.0. The SMILES string of the molecule is CCCCCCCC[n+]1ccc(SCCCCCCSc2cc[n+](CCCCCCCC)cc2)cc1. The first kappa shape index (κ1) is 31.2. The van der Waals surface area contributed by atoms with Crippen molar-refractivity contribution in [3.05, 3.63) is 49.1 Å². The van der Waals surface area contributed by atoms with Gasteiger partial charge < -0.3 is 0 Å². The number of aromatic nitrogens is 2. The maximum Gasteiger partial charge on any atom is 0.169 e. The van der Waals surface area contributed by atoms with Crippen LogP contribution < -0.4 is 9.13 Å². The summed E-state index contributed by atoms with van der Waals surface area (Å²) < 4.78 is 4.70. The smallest absolute Gasteiger partial charge is 0.169 e. The van der Waals surface area contributed by atoms with E-state index in [1.165, 1.54) is 124 Å². The molecule has 0 radical (unpaired) electrons. The van der Waals surface area contributed by atoms with Crippen LogP contribution in [0.2, 0.25) is 0 Å². The number of rotatable bonds is 23. The highest BCUT2D eigenvalue weighted by Crippen LogP contribution is 2.21. The maximum atomic E-state index is 2.35.